The maximum absolute atomic E-state index is 9.77. The Labute approximate surface area is 99.9 Å². The minimum atomic E-state index is 0.256. The van der Waals surface area contributed by atoms with Crippen LogP contribution in [-0.2, 0) is 0 Å². The molecule has 1 aromatic carbocycles. The number of rotatable bonds is 2. The van der Waals surface area contributed by atoms with Crippen molar-refractivity contribution in [2.75, 3.05) is 13.1 Å². The van der Waals surface area contributed by atoms with E-state index in [1.807, 2.05) is 30.6 Å². The van der Waals surface area contributed by atoms with Gasteiger partial charge in [-0.1, -0.05) is 12.1 Å². The van der Waals surface area contributed by atoms with Gasteiger partial charge in [-0.2, -0.15) is 5.10 Å². The molecule has 4 heteroatoms. The molecule has 2 N–H and O–H groups in total. The van der Waals surface area contributed by atoms with Crippen LogP contribution in [0, 0.1) is 0 Å². The maximum atomic E-state index is 9.77. The highest BCUT2D eigenvalue weighted by Gasteiger charge is 2.18. The van der Waals surface area contributed by atoms with E-state index in [0.29, 0.717) is 5.92 Å². The molecule has 0 radical (unpaired) electrons. The highest BCUT2D eigenvalue weighted by molar-refractivity contribution is 5.45. The number of phenols is 1. The van der Waals surface area contributed by atoms with Crippen molar-refractivity contribution in [2.45, 2.75) is 12.3 Å². The summed E-state index contributed by atoms with van der Waals surface area (Å²) in [5.74, 6) is 0.807. The fraction of sp³-hybridized carbons (Fsp3) is 0.308. The van der Waals surface area contributed by atoms with Crippen LogP contribution in [0.4, 0.5) is 0 Å². The van der Waals surface area contributed by atoms with Gasteiger partial charge in [0.2, 0.25) is 0 Å². The summed E-state index contributed by atoms with van der Waals surface area (Å²) < 4.78 is 1.74. The first-order valence-corrected chi connectivity index (χ1v) is 5.88. The molecular formula is C13H15N3O. The Morgan fingerprint density at radius 3 is 3.00 bits per heavy atom. The Morgan fingerprint density at radius 2 is 2.24 bits per heavy atom. The van der Waals surface area contributed by atoms with Gasteiger partial charge >= 0.3 is 0 Å². The van der Waals surface area contributed by atoms with Crippen molar-refractivity contribution >= 4 is 0 Å². The van der Waals surface area contributed by atoms with Crippen molar-refractivity contribution in [3.05, 3.63) is 42.2 Å². The molecule has 1 fully saturated rings. The summed E-state index contributed by atoms with van der Waals surface area (Å²) in [7, 11) is 0. The van der Waals surface area contributed by atoms with Crippen molar-refractivity contribution in [3.8, 4) is 11.4 Å². The molecule has 88 valence electrons. The second-order valence-electron chi connectivity index (χ2n) is 4.40. The normalized spacial score (nSPS) is 19.6. The average molecular weight is 229 g/mol. The first-order chi connectivity index (χ1) is 8.34. The quantitative estimate of drug-likeness (QED) is 0.823. The van der Waals surface area contributed by atoms with Crippen molar-refractivity contribution < 1.29 is 5.11 Å². The monoisotopic (exact) mass is 229 g/mol. The van der Waals surface area contributed by atoms with E-state index in [2.05, 4.69) is 10.4 Å². The van der Waals surface area contributed by atoms with Gasteiger partial charge in [0.1, 0.15) is 11.4 Å². The van der Waals surface area contributed by atoms with Crippen LogP contribution in [0.2, 0.25) is 0 Å². The van der Waals surface area contributed by atoms with Gasteiger partial charge in [0.05, 0.1) is 6.20 Å². The van der Waals surface area contributed by atoms with E-state index in [1.165, 1.54) is 5.56 Å². The van der Waals surface area contributed by atoms with Gasteiger partial charge in [-0.3, -0.25) is 0 Å². The lowest BCUT2D eigenvalue weighted by molar-refractivity contribution is 0.470. The number of hydrogen-bond donors (Lipinski definition) is 2. The van der Waals surface area contributed by atoms with Crippen LogP contribution in [0.5, 0.6) is 5.75 Å². The Kier molecular flexibility index (Phi) is 2.57. The molecule has 0 aliphatic carbocycles. The summed E-state index contributed by atoms with van der Waals surface area (Å²) in [6.45, 7) is 2.10. The molecule has 0 amide bonds. The number of aromatic hydroxyl groups is 1. The summed E-state index contributed by atoms with van der Waals surface area (Å²) in [5.41, 5.74) is 1.96. The smallest absolute Gasteiger partial charge is 0.141 e. The number of para-hydroxylation sites is 2. The minimum absolute atomic E-state index is 0.256. The SMILES string of the molecule is Oc1ccccc1-n1cc(C2CCNC2)cn1. The molecule has 0 bridgehead atoms. The zero-order valence-corrected chi connectivity index (χ0v) is 9.50. The first kappa shape index (κ1) is 10.4. The van der Waals surface area contributed by atoms with Crippen molar-refractivity contribution in [1.29, 1.82) is 0 Å². The maximum Gasteiger partial charge on any atom is 0.141 e. The number of nitrogens with zero attached hydrogens (tertiary/aromatic N) is 2. The van der Waals surface area contributed by atoms with Gasteiger partial charge in [-0.25, -0.2) is 4.68 Å². The van der Waals surface area contributed by atoms with E-state index in [1.54, 1.807) is 10.7 Å². The van der Waals surface area contributed by atoms with Gasteiger partial charge in [0.15, 0.2) is 0 Å². The molecule has 1 aromatic heterocycles. The topological polar surface area (TPSA) is 50.1 Å². The highest BCUT2D eigenvalue weighted by Crippen LogP contribution is 2.25. The van der Waals surface area contributed by atoms with Crippen LogP contribution in [-0.4, -0.2) is 28.0 Å². The molecule has 1 atom stereocenters. The fourth-order valence-electron chi connectivity index (χ4n) is 2.28. The lowest BCUT2D eigenvalue weighted by Crippen LogP contribution is -2.07. The summed E-state index contributed by atoms with van der Waals surface area (Å²) in [4.78, 5) is 0. The van der Waals surface area contributed by atoms with Crippen LogP contribution < -0.4 is 5.32 Å². The third-order valence-corrected chi connectivity index (χ3v) is 3.26. The molecule has 4 nitrogen and oxygen atoms in total. The third kappa shape index (κ3) is 1.91. The molecule has 17 heavy (non-hydrogen) atoms. The Morgan fingerprint density at radius 1 is 1.35 bits per heavy atom. The molecule has 1 unspecified atom stereocenters. The first-order valence-electron chi connectivity index (χ1n) is 5.88. The number of phenolic OH excluding ortho intramolecular Hbond substituents is 1. The predicted molar refractivity (Wildman–Crippen MR) is 65.5 cm³/mol. The molecule has 1 aliphatic heterocycles. The van der Waals surface area contributed by atoms with Crippen molar-refractivity contribution in [3.63, 3.8) is 0 Å². The number of benzene rings is 1. The van der Waals surface area contributed by atoms with Gasteiger partial charge in [0.25, 0.3) is 0 Å². The van der Waals surface area contributed by atoms with Crippen LogP contribution in [0.25, 0.3) is 5.69 Å². The summed E-state index contributed by atoms with van der Waals surface area (Å²) >= 11 is 0. The molecule has 3 rings (SSSR count). The standard InChI is InChI=1S/C13H15N3O/c17-13-4-2-1-3-12(13)16-9-11(8-15-16)10-5-6-14-7-10/h1-4,8-10,14,17H,5-7H2. The van der Waals surface area contributed by atoms with E-state index in [-0.39, 0.29) is 5.75 Å². The molecule has 2 aromatic rings. The largest absolute Gasteiger partial charge is 0.506 e. The summed E-state index contributed by atoms with van der Waals surface area (Å²) in [6, 6.07) is 7.24. The van der Waals surface area contributed by atoms with Crippen molar-refractivity contribution in [2.24, 2.45) is 0 Å². The number of hydrogen-bond acceptors (Lipinski definition) is 3. The molecular weight excluding hydrogens is 214 g/mol. The summed E-state index contributed by atoms with van der Waals surface area (Å²) in [5, 5.41) is 17.4. The van der Waals surface area contributed by atoms with Crippen molar-refractivity contribution in [1.82, 2.24) is 15.1 Å². The van der Waals surface area contributed by atoms with E-state index in [0.717, 1.165) is 25.2 Å². The van der Waals surface area contributed by atoms with Crippen LogP contribution >= 0.6 is 0 Å². The second kappa shape index (κ2) is 4.22. The Bertz CT molecular complexity index is 515. The lowest BCUT2D eigenvalue weighted by Gasteiger charge is -2.05. The zero-order valence-electron chi connectivity index (χ0n) is 9.50. The Balaban J connectivity index is 1.92. The van der Waals surface area contributed by atoms with Crippen LogP contribution in [0.15, 0.2) is 36.7 Å². The predicted octanol–water partition coefficient (Wildman–Crippen LogP) is 1.65. The van der Waals surface area contributed by atoms with Crippen LogP contribution in [0.1, 0.15) is 17.9 Å². The third-order valence-electron chi connectivity index (χ3n) is 3.26. The average Bonchev–Trinajstić information content (AvgIpc) is 3.00. The molecule has 2 heterocycles. The lowest BCUT2D eigenvalue weighted by atomic mass is 10.0. The Hall–Kier alpha value is -1.81. The number of aromatic nitrogens is 2. The number of nitrogens with one attached hydrogen (secondary N) is 1. The summed E-state index contributed by atoms with van der Waals surface area (Å²) in [6.07, 6.45) is 5.06. The van der Waals surface area contributed by atoms with Gasteiger partial charge in [-0.15, -0.1) is 0 Å². The van der Waals surface area contributed by atoms with Gasteiger partial charge in [0, 0.05) is 18.7 Å². The van der Waals surface area contributed by atoms with E-state index in [9.17, 15) is 5.11 Å². The highest BCUT2D eigenvalue weighted by atomic mass is 16.3. The fourth-order valence-corrected chi connectivity index (χ4v) is 2.28. The molecule has 1 aliphatic rings. The van der Waals surface area contributed by atoms with E-state index < -0.39 is 0 Å². The molecule has 1 saturated heterocycles. The van der Waals surface area contributed by atoms with Gasteiger partial charge < -0.3 is 10.4 Å². The van der Waals surface area contributed by atoms with Gasteiger partial charge in [-0.05, 0) is 30.7 Å². The van der Waals surface area contributed by atoms with E-state index in [4.69, 9.17) is 0 Å². The minimum Gasteiger partial charge on any atom is -0.506 e. The van der Waals surface area contributed by atoms with Crippen LogP contribution in [0.3, 0.4) is 0 Å². The molecule has 0 spiro atoms. The molecule has 0 saturated carbocycles. The van der Waals surface area contributed by atoms with E-state index >= 15 is 0 Å². The zero-order chi connectivity index (χ0) is 11.7. The second-order valence-corrected chi connectivity index (χ2v) is 4.40.